The molecule has 0 bridgehead atoms. The van der Waals surface area contributed by atoms with Gasteiger partial charge < -0.3 is 19.3 Å². The fourth-order valence-electron chi connectivity index (χ4n) is 3.30. The highest BCUT2D eigenvalue weighted by molar-refractivity contribution is 6.74. The van der Waals surface area contributed by atoms with Crippen LogP contribution in [0.25, 0.3) is 11.5 Å². The Morgan fingerprint density at radius 1 is 1.17 bits per heavy atom. The minimum absolute atomic E-state index is 0.00225. The summed E-state index contributed by atoms with van der Waals surface area (Å²) in [6.07, 6.45) is -0.332. The first-order valence-electron chi connectivity index (χ1n) is 11.2. The van der Waals surface area contributed by atoms with Gasteiger partial charge in [-0.2, -0.15) is 5.26 Å². The van der Waals surface area contributed by atoms with Crippen LogP contribution in [0.4, 0.5) is 5.69 Å². The Labute approximate surface area is 217 Å². The molecule has 0 fully saturated rings. The lowest BCUT2D eigenvalue weighted by Crippen LogP contribution is -2.45. The lowest BCUT2D eigenvalue weighted by atomic mass is 10.1. The van der Waals surface area contributed by atoms with Gasteiger partial charge in [-0.15, -0.1) is 10.2 Å². The molecule has 0 amide bonds. The van der Waals surface area contributed by atoms with Crippen LogP contribution in [0.1, 0.15) is 50.8 Å². The Morgan fingerprint density at radius 3 is 2.46 bits per heavy atom. The molecule has 186 valence electrons. The summed E-state index contributed by atoms with van der Waals surface area (Å²) < 4.78 is 12.7. The molecule has 0 radical (unpaired) electrons. The van der Waals surface area contributed by atoms with Crippen LogP contribution in [0.15, 0.2) is 34.7 Å². The maximum absolute atomic E-state index is 9.73. The van der Waals surface area contributed by atoms with Crippen LogP contribution >= 0.6 is 23.2 Å². The van der Waals surface area contributed by atoms with Crippen LogP contribution in [-0.2, 0) is 4.43 Å². The van der Waals surface area contributed by atoms with Gasteiger partial charge in [-0.3, -0.25) is 0 Å². The number of hydrogen-bond donors (Lipinski definition) is 2. The molecule has 0 spiro atoms. The predicted molar refractivity (Wildman–Crippen MR) is 141 cm³/mol. The quantitative estimate of drug-likeness (QED) is 0.303. The maximum atomic E-state index is 9.73. The van der Waals surface area contributed by atoms with Gasteiger partial charge in [0.05, 0.1) is 21.7 Å². The smallest absolute Gasteiger partial charge is 0.247 e. The van der Waals surface area contributed by atoms with Gasteiger partial charge in [0.25, 0.3) is 0 Å². The zero-order valence-corrected chi connectivity index (χ0v) is 23.4. The number of halogens is 2. The summed E-state index contributed by atoms with van der Waals surface area (Å²) in [4.78, 5) is 0. The average molecular weight is 534 g/mol. The summed E-state index contributed by atoms with van der Waals surface area (Å²) in [7, 11) is -2.14. The van der Waals surface area contributed by atoms with Crippen molar-refractivity contribution in [1.82, 2.24) is 10.2 Å². The summed E-state index contributed by atoms with van der Waals surface area (Å²) in [6, 6.07) is 9.78. The molecule has 0 saturated heterocycles. The summed E-state index contributed by atoms with van der Waals surface area (Å²) in [5, 5.41) is 31.6. The molecular formula is C25H30Cl2N4O3Si. The predicted octanol–water partition coefficient (Wildman–Crippen LogP) is 7.49. The van der Waals surface area contributed by atoms with Crippen molar-refractivity contribution in [2.24, 2.45) is 0 Å². The van der Waals surface area contributed by atoms with Crippen molar-refractivity contribution in [3.8, 4) is 23.3 Å². The van der Waals surface area contributed by atoms with E-state index >= 15 is 0 Å². The van der Waals surface area contributed by atoms with Gasteiger partial charge in [0.15, 0.2) is 8.32 Å². The number of phenolic OH excluding ortho intramolecular Hbond substituents is 1. The molecule has 0 saturated carbocycles. The minimum atomic E-state index is -2.14. The first-order valence-corrected chi connectivity index (χ1v) is 14.9. The zero-order valence-electron chi connectivity index (χ0n) is 20.9. The normalized spacial score (nSPS) is 13.8. The van der Waals surface area contributed by atoms with E-state index in [1.54, 1.807) is 18.2 Å². The summed E-state index contributed by atoms with van der Waals surface area (Å²) in [6.45, 7) is 14.7. The lowest BCUT2D eigenvalue weighted by Gasteiger charge is -2.40. The van der Waals surface area contributed by atoms with E-state index in [0.717, 1.165) is 11.3 Å². The van der Waals surface area contributed by atoms with E-state index in [1.807, 2.05) is 19.9 Å². The number of aromatic hydroxyl groups is 1. The van der Waals surface area contributed by atoms with E-state index in [4.69, 9.17) is 32.0 Å². The minimum Gasteiger partial charge on any atom is -0.506 e. The van der Waals surface area contributed by atoms with Crippen LogP contribution in [0.5, 0.6) is 5.75 Å². The van der Waals surface area contributed by atoms with Crippen molar-refractivity contribution < 1.29 is 13.9 Å². The highest BCUT2D eigenvalue weighted by Gasteiger charge is 2.41. The first kappa shape index (κ1) is 27.0. The van der Waals surface area contributed by atoms with Gasteiger partial charge in [0.2, 0.25) is 11.8 Å². The monoisotopic (exact) mass is 532 g/mol. The molecule has 0 aliphatic rings. The molecule has 3 aromatic rings. The fourth-order valence-corrected chi connectivity index (χ4v) is 5.11. The second-order valence-corrected chi connectivity index (χ2v) is 15.6. The molecule has 2 atom stereocenters. The molecule has 7 nitrogen and oxygen atoms in total. The topological polar surface area (TPSA) is 104 Å². The summed E-state index contributed by atoms with van der Waals surface area (Å²) in [5.74, 6) is 0.567. The Hall–Kier alpha value is -2.57. The molecule has 1 heterocycles. The third-order valence-corrected chi connectivity index (χ3v) is 11.8. The lowest BCUT2D eigenvalue weighted by molar-refractivity contribution is 0.166. The van der Waals surface area contributed by atoms with Crippen LogP contribution in [-0.4, -0.2) is 29.7 Å². The largest absolute Gasteiger partial charge is 0.506 e. The van der Waals surface area contributed by atoms with E-state index in [-0.39, 0.29) is 27.8 Å². The average Bonchev–Trinajstić information content (AvgIpc) is 3.25. The Kier molecular flexibility index (Phi) is 7.87. The standard InChI is InChI=1S/C25H30Cl2N4O3Si/c1-14-19(10-8-17(13-28)21(14)27)29-22(15(2)34-35(6,7)25(3,4)5)24-31-30-23(33-24)16-9-11-20(32)18(26)12-16/h8-12,15,22,29,32H,1-7H3/t15-,22-/m1/s1. The van der Waals surface area contributed by atoms with Crippen LogP contribution < -0.4 is 5.32 Å². The van der Waals surface area contributed by atoms with E-state index in [1.165, 1.54) is 6.07 Å². The van der Waals surface area contributed by atoms with Gasteiger partial charge >= 0.3 is 0 Å². The van der Waals surface area contributed by atoms with Gasteiger partial charge in [-0.25, -0.2) is 0 Å². The fraction of sp³-hybridized carbons (Fsp3) is 0.400. The Morgan fingerprint density at radius 2 is 1.86 bits per heavy atom. The van der Waals surface area contributed by atoms with Crippen molar-refractivity contribution in [2.75, 3.05) is 5.32 Å². The van der Waals surface area contributed by atoms with Gasteiger partial charge in [-0.05, 0) is 67.9 Å². The van der Waals surface area contributed by atoms with E-state index in [2.05, 4.69) is 55.4 Å². The Balaban J connectivity index is 2.02. The zero-order chi connectivity index (χ0) is 26.1. The number of nitriles is 1. The first-order chi connectivity index (χ1) is 16.2. The van der Waals surface area contributed by atoms with Crippen LogP contribution in [0.2, 0.25) is 28.2 Å². The molecule has 35 heavy (non-hydrogen) atoms. The molecule has 3 rings (SSSR count). The highest BCUT2D eigenvalue weighted by atomic mass is 35.5. The maximum Gasteiger partial charge on any atom is 0.247 e. The molecular weight excluding hydrogens is 503 g/mol. The number of nitrogens with zero attached hydrogens (tertiary/aromatic N) is 3. The van der Waals surface area contributed by atoms with Crippen molar-refractivity contribution in [3.05, 3.63) is 57.4 Å². The molecule has 0 unspecified atom stereocenters. The van der Waals surface area contributed by atoms with Crippen LogP contribution in [0, 0.1) is 18.3 Å². The third-order valence-electron chi connectivity index (χ3n) is 6.48. The number of aromatic nitrogens is 2. The Bertz CT molecular complexity index is 1260. The van der Waals surface area contributed by atoms with Crippen molar-refractivity contribution in [3.63, 3.8) is 0 Å². The number of hydrogen-bond acceptors (Lipinski definition) is 7. The number of benzene rings is 2. The highest BCUT2D eigenvalue weighted by Crippen LogP contribution is 2.40. The molecule has 10 heteroatoms. The third kappa shape index (κ3) is 5.81. The summed E-state index contributed by atoms with van der Waals surface area (Å²) >= 11 is 12.5. The van der Waals surface area contributed by atoms with Crippen molar-refractivity contribution >= 4 is 37.2 Å². The second kappa shape index (κ2) is 10.2. The second-order valence-electron chi connectivity index (χ2n) is 10.0. The SMILES string of the molecule is Cc1c(N[C@@H](c2nnc(-c3ccc(O)c(Cl)c3)o2)[C@@H](C)O[Si](C)(C)C(C)(C)C)ccc(C#N)c1Cl. The number of nitrogens with one attached hydrogen (secondary N) is 1. The van der Waals surface area contributed by atoms with Gasteiger partial charge in [0.1, 0.15) is 17.9 Å². The van der Waals surface area contributed by atoms with E-state index in [9.17, 15) is 10.4 Å². The number of anilines is 1. The number of phenols is 1. The van der Waals surface area contributed by atoms with Gasteiger partial charge in [-0.1, -0.05) is 44.0 Å². The molecule has 2 aromatic carbocycles. The summed E-state index contributed by atoms with van der Waals surface area (Å²) in [5.41, 5.74) is 2.46. The van der Waals surface area contributed by atoms with Crippen molar-refractivity contribution in [1.29, 1.82) is 5.26 Å². The van der Waals surface area contributed by atoms with Gasteiger partial charge in [0, 0.05) is 11.3 Å². The molecule has 0 aliphatic heterocycles. The van der Waals surface area contributed by atoms with E-state index in [0.29, 0.717) is 22.0 Å². The van der Waals surface area contributed by atoms with Crippen LogP contribution in [0.3, 0.4) is 0 Å². The van der Waals surface area contributed by atoms with E-state index < -0.39 is 14.4 Å². The molecule has 2 N–H and O–H groups in total. The molecule has 0 aliphatic carbocycles. The molecule has 1 aromatic heterocycles. The van der Waals surface area contributed by atoms with Crippen molar-refractivity contribution in [2.45, 2.75) is 64.9 Å². The number of rotatable bonds is 7.